The summed E-state index contributed by atoms with van der Waals surface area (Å²) in [6.45, 7) is 6.37. The summed E-state index contributed by atoms with van der Waals surface area (Å²) >= 11 is 0. The average Bonchev–Trinajstić information content (AvgIpc) is 2.77. The summed E-state index contributed by atoms with van der Waals surface area (Å²) in [7, 11) is 1.88. The van der Waals surface area contributed by atoms with Crippen LogP contribution in [0.2, 0.25) is 0 Å². The summed E-state index contributed by atoms with van der Waals surface area (Å²) in [6.07, 6.45) is 4.78. The van der Waals surface area contributed by atoms with Crippen LogP contribution in [0.1, 0.15) is 44.8 Å². The number of hydrogen-bond donors (Lipinski definition) is 1. The molecule has 2 heterocycles. The lowest BCUT2D eigenvalue weighted by molar-refractivity contribution is 0.110. The summed E-state index contributed by atoms with van der Waals surface area (Å²) in [5.74, 6) is 1.53. The number of nitrogens with zero attached hydrogens (tertiary/aromatic N) is 3. The second-order valence-corrected chi connectivity index (χ2v) is 5.32. The standard InChI is InChI=1S/C13H24N4O/c1-10(2)17-7-5-4-6-11(17)8-12-15-13(9-14-3)18-16-12/h10-11,14H,4-9H2,1-3H3. The molecule has 1 atom stereocenters. The van der Waals surface area contributed by atoms with Crippen molar-refractivity contribution in [1.29, 1.82) is 0 Å². The van der Waals surface area contributed by atoms with Gasteiger partial charge in [0.2, 0.25) is 5.89 Å². The van der Waals surface area contributed by atoms with Gasteiger partial charge in [0.05, 0.1) is 6.54 Å². The zero-order chi connectivity index (χ0) is 13.0. The Morgan fingerprint density at radius 1 is 1.44 bits per heavy atom. The maximum atomic E-state index is 5.20. The second-order valence-electron chi connectivity index (χ2n) is 5.32. The molecule has 1 saturated heterocycles. The first-order valence-electron chi connectivity index (χ1n) is 6.92. The number of rotatable bonds is 5. The first-order chi connectivity index (χ1) is 8.70. The Labute approximate surface area is 109 Å². The minimum atomic E-state index is 0.568. The molecule has 1 unspecified atom stereocenters. The first-order valence-corrected chi connectivity index (χ1v) is 6.92. The summed E-state index contributed by atoms with van der Waals surface area (Å²) in [6, 6.07) is 1.16. The fraction of sp³-hybridized carbons (Fsp3) is 0.846. The van der Waals surface area contributed by atoms with E-state index in [9.17, 15) is 0 Å². The van der Waals surface area contributed by atoms with E-state index in [2.05, 4.69) is 34.2 Å². The van der Waals surface area contributed by atoms with Gasteiger partial charge in [0.15, 0.2) is 5.82 Å². The molecule has 0 aromatic carbocycles. The Morgan fingerprint density at radius 2 is 2.28 bits per heavy atom. The van der Waals surface area contributed by atoms with E-state index in [1.54, 1.807) is 0 Å². The molecule has 1 aromatic heterocycles. The SMILES string of the molecule is CNCc1nc(CC2CCCCN2C(C)C)no1. The summed E-state index contributed by atoms with van der Waals surface area (Å²) in [5, 5.41) is 7.09. The average molecular weight is 252 g/mol. The highest BCUT2D eigenvalue weighted by atomic mass is 16.5. The summed E-state index contributed by atoms with van der Waals surface area (Å²) in [4.78, 5) is 6.99. The van der Waals surface area contributed by atoms with Crippen molar-refractivity contribution in [3.05, 3.63) is 11.7 Å². The molecule has 1 fully saturated rings. The van der Waals surface area contributed by atoms with E-state index < -0.39 is 0 Å². The van der Waals surface area contributed by atoms with Crippen LogP contribution in [0, 0.1) is 0 Å². The topological polar surface area (TPSA) is 54.2 Å². The number of piperidine rings is 1. The van der Waals surface area contributed by atoms with Gasteiger partial charge in [-0.1, -0.05) is 11.6 Å². The molecule has 0 spiro atoms. The van der Waals surface area contributed by atoms with E-state index in [-0.39, 0.29) is 0 Å². The fourth-order valence-electron chi connectivity index (χ4n) is 2.73. The van der Waals surface area contributed by atoms with Crippen molar-refractivity contribution in [3.8, 4) is 0 Å². The third kappa shape index (κ3) is 3.29. The van der Waals surface area contributed by atoms with Crippen LogP contribution in [0.25, 0.3) is 0 Å². The van der Waals surface area contributed by atoms with E-state index in [0.29, 0.717) is 24.5 Å². The molecule has 5 heteroatoms. The predicted molar refractivity (Wildman–Crippen MR) is 70.2 cm³/mol. The Balaban J connectivity index is 1.97. The molecule has 1 aromatic rings. The fourth-order valence-corrected chi connectivity index (χ4v) is 2.73. The van der Waals surface area contributed by atoms with Crippen molar-refractivity contribution in [2.75, 3.05) is 13.6 Å². The van der Waals surface area contributed by atoms with E-state index in [0.717, 1.165) is 12.2 Å². The third-order valence-corrected chi connectivity index (χ3v) is 3.59. The van der Waals surface area contributed by atoms with Crippen LogP contribution in [0.4, 0.5) is 0 Å². The first kappa shape index (κ1) is 13.5. The Bertz CT molecular complexity index is 364. The Hall–Kier alpha value is -0.940. The highest BCUT2D eigenvalue weighted by molar-refractivity contribution is 4.92. The van der Waals surface area contributed by atoms with Crippen molar-refractivity contribution in [1.82, 2.24) is 20.4 Å². The molecule has 5 nitrogen and oxygen atoms in total. The minimum absolute atomic E-state index is 0.568. The lowest BCUT2D eigenvalue weighted by atomic mass is 9.97. The molecule has 1 aliphatic heterocycles. The molecule has 1 aliphatic rings. The van der Waals surface area contributed by atoms with Crippen LogP contribution in [0.3, 0.4) is 0 Å². The van der Waals surface area contributed by atoms with Gasteiger partial charge < -0.3 is 9.84 Å². The highest BCUT2D eigenvalue weighted by Gasteiger charge is 2.26. The van der Waals surface area contributed by atoms with Crippen LogP contribution in [0.15, 0.2) is 4.52 Å². The van der Waals surface area contributed by atoms with Gasteiger partial charge >= 0.3 is 0 Å². The summed E-state index contributed by atoms with van der Waals surface area (Å²) in [5.41, 5.74) is 0. The third-order valence-electron chi connectivity index (χ3n) is 3.59. The van der Waals surface area contributed by atoms with Gasteiger partial charge in [0.25, 0.3) is 0 Å². The van der Waals surface area contributed by atoms with Gasteiger partial charge in [-0.2, -0.15) is 4.98 Å². The van der Waals surface area contributed by atoms with Crippen molar-refractivity contribution in [3.63, 3.8) is 0 Å². The molecular weight excluding hydrogens is 228 g/mol. The Morgan fingerprint density at radius 3 is 3.00 bits per heavy atom. The van der Waals surface area contributed by atoms with Crippen LogP contribution >= 0.6 is 0 Å². The largest absolute Gasteiger partial charge is 0.338 e. The molecule has 0 saturated carbocycles. The maximum absolute atomic E-state index is 5.20. The van der Waals surface area contributed by atoms with Crippen LogP contribution in [-0.4, -0.2) is 40.7 Å². The van der Waals surface area contributed by atoms with E-state index >= 15 is 0 Å². The van der Waals surface area contributed by atoms with Crippen molar-refractivity contribution in [2.45, 2.75) is 58.2 Å². The van der Waals surface area contributed by atoms with Crippen LogP contribution in [-0.2, 0) is 13.0 Å². The van der Waals surface area contributed by atoms with Crippen molar-refractivity contribution < 1.29 is 4.52 Å². The van der Waals surface area contributed by atoms with E-state index in [4.69, 9.17) is 4.52 Å². The molecule has 2 rings (SSSR count). The van der Waals surface area contributed by atoms with Gasteiger partial charge in [-0.15, -0.1) is 0 Å². The van der Waals surface area contributed by atoms with Gasteiger partial charge in [-0.05, 0) is 40.3 Å². The lowest BCUT2D eigenvalue weighted by Gasteiger charge is -2.38. The van der Waals surface area contributed by atoms with Crippen molar-refractivity contribution in [2.24, 2.45) is 0 Å². The van der Waals surface area contributed by atoms with Crippen molar-refractivity contribution >= 4 is 0 Å². The molecule has 0 aliphatic carbocycles. The number of likely N-dealkylation sites (tertiary alicyclic amines) is 1. The molecule has 0 amide bonds. The second kappa shape index (κ2) is 6.29. The molecule has 1 N–H and O–H groups in total. The molecule has 0 radical (unpaired) electrons. The normalized spacial score (nSPS) is 21.7. The molecule has 0 bridgehead atoms. The van der Waals surface area contributed by atoms with Gasteiger partial charge in [-0.3, -0.25) is 4.90 Å². The summed E-state index contributed by atoms with van der Waals surface area (Å²) < 4.78 is 5.20. The molecule has 18 heavy (non-hydrogen) atoms. The number of aromatic nitrogens is 2. The monoisotopic (exact) mass is 252 g/mol. The minimum Gasteiger partial charge on any atom is -0.338 e. The molecular formula is C13H24N4O. The number of hydrogen-bond acceptors (Lipinski definition) is 5. The van der Waals surface area contributed by atoms with E-state index in [1.807, 2.05) is 7.05 Å². The molecule has 102 valence electrons. The highest BCUT2D eigenvalue weighted by Crippen LogP contribution is 2.21. The zero-order valence-electron chi connectivity index (χ0n) is 11.6. The van der Waals surface area contributed by atoms with Crippen LogP contribution in [0.5, 0.6) is 0 Å². The predicted octanol–water partition coefficient (Wildman–Crippen LogP) is 1.59. The van der Waals surface area contributed by atoms with Crippen LogP contribution < -0.4 is 5.32 Å². The zero-order valence-corrected chi connectivity index (χ0v) is 11.6. The van der Waals surface area contributed by atoms with E-state index in [1.165, 1.54) is 25.8 Å². The maximum Gasteiger partial charge on any atom is 0.240 e. The smallest absolute Gasteiger partial charge is 0.240 e. The Kier molecular flexibility index (Phi) is 4.72. The van der Waals surface area contributed by atoms with Gasteiger partial charge in [0.1, 0.15) is 0 Å². The number of nitrogens with one attached hydrogen (secondary N) is 1. The quantitative estimate of drug-likeness (QED) is 0.862. The lowest BCUT2D eigenvalue weighted by Crippen LogP contribution is -2.45. The van der Waals surface area contributed by atoms with Gasteiger partial charge in [-0.25, -0.2) is 0 Å². The van der Waals surface area contributed by atoms with Gasteiger partial charge in [0, 0.05) is 18.5 Å².